The summed E-state index contributed by atoms with van der Waals surface area (Å²) in [6.07, 6.45) is 0.395. The van der Waals surface area contributed by atoms with E-state index in [2.05, 4.69) is 40.9 Å². The fraction of sp³-hybridized carbons (Fsp3) is 0.500. The number of primary amides is 1. The number of nitrogen functional groups attached to an aromatic ring is 2. The van der Waals surface area contributed by atoms with E-state index in [-0.39, 0.29) is 17.3 Å². The number of carbonyl (C=O) groups is 1. The zero-order valence-electron chi connectivity index (χ0n) is 18.1. The van der Waals surface area contributed by atoms with Gasteiger partial charge < -0.3 is 26.8 Å². The second kappa shape index (κ2) is 8.58. The van der Waals surface area contributed by atoms with Crippen molar-refractivity contribution in [2.45, 2.75) is 62.1 Å². The van der Waals surface area contributed by atoms with Crippen LogP contribution in [0.3, 0.4) is 0 Å². The molecule has 1 aromatic carbocycles. The van der Waals surface area contributed by atoms with E-state index in [1.807, 2.05) is 19.1 Å². The van der Waals surface area contributed by atoms with E-state index < -0.39 is 11.7 Å². The first-order valence-corrected chi connectivity index (χ1v) is 11.1. The minimum atomic E-state index is -0.771. The number of nitrogens with zero attached hydrogens (tertiary/aromatic N) is 4. The molecule has 0 spiro atoms. The van der Waals surface area contributed by atoms with E-state index in [1.165, 1.54) is 11.8 Å². The lowest BCUT2D eigenvalue weighted by Gasteiger charge is -2.49. The van der Waals surface area contributed by atoms with E-state index >= 15 is 0 Å². The zero-order valence-corrected chi connectivity index (χ0v) is 19.6. The molecule has 1 amide bonds. The van der Waals surface area contributed by atoms with Crippen LogP contribution in [0.15, 0.2) is 28.1 Å². The largest absolute Gasteiger partial charge is 0.443 e. The molecule has 1 aliphatic heterocycles. The summed E-state index contributed by atoms with van der Waals surface area (Å²) in [6, 6.07) is 5.34. The summed E-state index contributed by atoms with van der Waals surface area (Å²) in [4.78, 5) is 18.7. The maximum Gasteiger partial charge on any atom is 0.405 e. The Labute approximate surface area is 191 Å². The number of halogens is 1. The fourth-order valence-corrected chi connectivity index (χ4v) is 4.74. The van der Waals surface area contributed by atoms with Crippen molar-refractivity contribution in [1.82, 2.24) is 15.2 Å². The van der Waals surface area contributed by atoms with Gasteiger partial charge in [-0.25, -0.2) is 4.79 Å². The Bertz CT molecular complexity index is 984. The van der Waals surface area contributed by atoms with Crippen LogP contribution in [0.25, 0.3) is 0 Å². The molecule has 6 N–H and O–H groups in total. The summed E-state index contributed by atoms with van der Waals surface area (Å²) in [6.45, 7) is 8.81. The number of ether oxygens (including phenoxy) is 1. The van der Waals surface area contributed by atoms with E-state index in [9.17, 15) is 4.79 Å². The second-order valence-electron chi connectivity index (χ2n) is 8.96. The first kappa shape index (κ1) is 23.2. The molecule has 1 fully saturated rings. The van der Waals surface area contributed by atoms with Gasteiger partial charge in [-0.3, -0.25) is 0 Å². The minimum Gasteiger partial charge on any atom is -0.443 e. The minimum absolute atomic E-state index is 0.0198. The molecule has 9 nitrogen and oxygen atoms in total. The molecule has 0 saturated carbocycles. The topological polar surface area (TPSA) is 146 Å². The van der Waals surface area contributed by atoms with Crippen molar-refractivity contribution in [3.05, 3.63) is 23.2 Å². The molecular weight excluding hydrogens is 438 g/mol. The highest BCUT2D eigenvalue weighted by molar-refractivity contribution is 7.99. The van der Waals surface area contributed by atoms with Crippen molar-refractivity contribution in [2.75, 3.05) is 22.9 Å². The van der Waals surface area contributed by atoms with Crippen molar-refractivity contribution in [2.24, 2.45) is 11.1 Å². The van der Waals surface area contributed by atoms with Crippen LogP contribution >= 0.6 is 23.4 Å². The predicted octanol–water partition coefficient (Wildman–Crippen LogP) is 3.71. The molecule has 3 rings (SSSR count). The Morgan fingerprint density at radius 2 is 2.03 bits per heavy atom. The summed E-state index contributed by atoms with van der Waals surface area (Å²) >= 11 is 7.53. The average molecular weight is 466 g/mol. The molecule has 1 aromatic heterocycles. The van der Waals surface area contributed by atoms with E-state index in [1.54, 1.807) is 6.07 Å². The lowest BCUT2D eigenvalue weighted by atomic mass is 9.75. The molecular formula is C20H28ClN7O2S. The number of hydrogen-bond acceptors (Lipinski definition) is 9. The number of carbonyl (C=O) groups excluding carboxylic acids is 1. The van der Waals surface area contributed by atoms with Crippen molar-refractivity contribution in [1.29, 1.82) is 0 Å². The number of aromatic nitrogens is 3. The third kappa shape index (κ3) is 5.24. The average Bonchev–Trinajstić information content (AvgIpc) is 2.65. The van der Waals surface area contributed by atoms with Crippen LogP contribution in [0.5, 0.6) is 0 Å². The number of nitrogens with two attached hydrogens (primary N) is 3. The van der Waals surface area contributed by atoms with Crippen molar-refractivity contribution in [3.8, 4) is 0 Å². The van der Waals surface area contributed by atoms with Crippen molar-refractivity contribution in [3.63, 3.8) is 0 Å². The van der Waals surface area contributed by atoms with Gasteiger partial charge in [0.25, 0.3) is 0 Å². The van der Waals surface area contributed by atoms with Gasteiger partial charge in [-0.05, 0) is 24.5 Å². The first-order chi connectivity index (χ1) is 14.4. The molecule has 1 aliphatic rings. The van der Waals surface area contributed by atoms with Crippen LogP contribution in [0, 0.1) is 5.41 Å². The van der Waals surface area contributed by atoms with Crippen LogP contribution in [0.4, 0.5) is 22.2 Å². The van der Waals surface area contributed by atoms with E-state index in [4.69, 9.17) is 33.5 Å². The highest BCUT2D eigenvalue weighted by atomic mass is 35.5. The summed E-state index contributed by atoms with van der Waals surface area (Å²) in [7, 11) is 0. The van der Waals surface area contributed by atoms with Crippen LogP contribution in [0.1, 0.15) is 40.5 Å². The van der Waals surface area contributed by atoms with Gasteiger partial charge in [0.2, 0.25) is 5.95 Å². The highest BCUT2D eigenvalue weighted by Crippen LogP contribution is 2.41. The maximum atomic E-state index is 11.4. The Hall–Kier alpha value is -2.46. The normalized spacial score (nSPS) is 21.7. The Morgan fingerprint density at radius 3 is 2.65 bits per heavy atom. The molecule has 1 saturated heterocycles. The molecule has 0 bridgehead atoms. The molecule has 168 valence electrons. The maximum absolute atomic E-state index is 11.4. The van der Waals surface area contributed by atoms with Crippen molar-refractivity contribution < 1.29 is 9.53 Å². The quantitative estimate of drug-likeness (QED) is 0.574. The zero-order chi connectivity index (χ0) is 23.0. The number of anilines is 3. The van der Waals surface area contributed by atoms with Crippen LogP contribution in [-0.2, 0) is 4.74 Å². The summed E-state index contributed by atoms with van der Waals surface area (Å²) in [5.74, 6) is 0.685. The molecule has 2 atom stereocenters. The third-order valence-corrected chi connectivity index (χ3v) is 6.93. The standard InChI is InChI=1S/C20H28ClN7O2S/c1-19(2,3)13-10-20(4,30-17(24)29)8-9-28(13)18-25-15(23)16(26-27-18)31-12-7-5-6-11(22)14(12)21/h5-7,13H,8-10,22H2,1-4H3,(H2,24,29)(H2,23,25,27). The number of hydrogen-bond donors (Lipinski definition) is 3. The van der Waals surface area contributed by atoms with Gasteiger partial charge in [0.1, 0.15) is 5.60 Å². The van der Waals surface area contributed by atoms with Gasteiger partial charge >= 0.3 is 6.09 Å². The molecule has 2 aromatic rings. The molecule has 0 radical (unpaired) electrons. The summed E-state index contributed by atoms with van der Waals surface area (Å²) in [5.41, 5.74) is 17.0. The summed E-state index contributed by atoms with van der Waals surface area (Å²) < 4.78 is 5.42. The van der Waals surface area contributed by atoms with Crippen LogP contribution in [0.2, 0.25) is 5.02 Å². The first-order valence-electron chi connectivity index (χ1n) is 9.87. The second-order valence-corrected chi connectivity index (χ2v) is 10.4. The van der Waals surface area contributed by atoms with Gasteiger partial charge in [-0.1, -0.05) is 50.2 Å². The lowest BCUT2D eigenvalue weighted by molar-refractivity contribution is -0.00971. The molecule has 31 heavy (non-hydrogen) atoms. The highest BCUT2D eigenvalue weighted by Gasteiger charge is 2.44. The molecule has 11 heteroatoms. The smallest absolute Gasteiger partial charge is 0.405 e. The monoisotopic (exact) mass is 465 g/mol. The van der Waals surface area contributed by atoms with E-state index in [0.29, 0.717) is 41.1 Å². The van der Waals surface area contributed by atoms with Gasteiger partial charge in [-0.15, -0.1) is 10.2 Å². The molecule has 2 unspecified atom stereocenters. The van der Waals surface area contributed by atoms with Gasteiger partial charge in [-0.2, -0.15) is 4.98 Å². The Kier molecular flexibility index (Phi) is 6.43. The lowest BCUT2D eigenvalue weighted by Crippen LogP contribution is -2.56. The fourth-order valence-electron chi connectivity index (χ4n) is 3.71. The van der Waals surface area contributed by atoms with Crippen LogP contribution in [-0.4, -0.2) is 39.5 Å². The van der Waals surface area contributed by atoms with Gasteiger partial charge in [0.15, 0.2) is 10.8 Å². The Balaban J connectivity index is 1.87. The number of piperidine rings is 1. The van der Waals surface area contributed by atoms with Gasteiger partial charge in [0, 0.05) is 30.3 Å². The Morgan fingerprint density at radius 1 is 1.32 bits per heavy atom. The van der Waals surface area contributed by atoms with E-state index in [0.717, 1.165) is 4.90 Å². The SMILES string of the molecule is CC1(OC(N)=O)CCN(c2nnc(Sc3cccc(N)c3Cl)c(N)n2)C(C(C)(C)C)C1. The predicted molar refractivity (Wildman–Crippen MR) is 123 cm³/mol. The van der Waals surface area contributed by atoms with Crippen molar-refractivity contribution >= 4 is 46.9 Å². The molecule has 2 heterocycles. The molecule has 0 aliphatic carbocycles. The number of benzene rings is 1. The van der Waals surface area contributed by atoms with Gasteiger partial charge in [0.05, 0.1) is 10.7 Å². The third-order valence-electron chi connectivity index (χ3n) is 5.36. The van der Waals surface area contributed by atoms with Crippen LogP contribution < -0.4 is 22.1 Å². The number of amides is 1. The number of rotatable bonds is 4. The summed E-state index contributed by atoms with van der Waals surface area (Å²) in [5, 5.41) is 9.53.